The van der Waals surface area contributed by atoms with E-state index in [9.17, 15) is 15.0 Å². The van der Waals surface area contributed by atoms with Crippen molar-refractivity contribution < 1.29 is 15.0 Å². The topological polar surface area (TPSA) is 72.8 Å². The van der Waals surface area contributed by atoms with Crippen molar-refractivity contribution in [2.24, 2.45) is 5.92 Å². The van der Waals surface area contributed by atoms with Gasteiger partial charge in [-0.05, 0) is 48.9 Å². The third-order valence-electron chi connectivity index (χ3n) is 5.40. The molecule has 1 fully saturated rings. The van der Waals surface area contributed by atoms with Gasteiger partial charge in [0, 0.05) is 19.2 Å². The van der Waals surface area contributed by atoms with Crippen molar-refractivity contribution in [3.05, 3.63) is 58.1 Å². The third kappa shape index (κ3) is 5.22. The highest BCUT2D eigenvalue weighted by Crippen LogP contribution is 2.37. The fourth-order valence-corrected chi connectivity index (χ4v) is 3.88. The molecule has 1 saturated heterocycles. The standard InChI is InChI=1S/C23H29ClN2O3/c1-15(2)9-10-25-14-16-5-7-17(8-6-16)20-4-3-11-26(20)23(29)18-12-19(24)22(28)13-21(18)27/h5-8,12-13,15,20,25,27-28H,3-4,9-11,14H2,1-2H3. The molecule has 29 heavy (non-hydrogen) atoms. The maximum atomic E-state index is 13.0. The molecule has 1 aliphatic rings. The molecule has 1 amide bonds. The van der Waals surface area contributed by atoms with Gasteiger partial charge in [-0.1, -0.05) is 49.7 Å². The lowest BCUT2D eigenvalue weighted by Gasteiger charge is -2.26. The van der Waals surface area contributed by atoms with Crippen LogP contribution in [0.25, 0.3) is 0 Å². The molecule has 2 aromatic rings. The predicted octanol–water partition coefficient (Wildman–Crippen LogP) is 4.86. The number of nitrogens with zero attached hydrogens (tertiary/aromatic N) is 1. The SMILES string of the molecule is CC(C)CCNCc1ccc(C2CCCN2C(=O)c2cc(Cl)c(O)cc2O)cc1. The summed E-state index contributed by atoms with van der Waals surface area (Å²) in [5.41, 5.74) is 2.42. The van der Waals surface area contributed by atoms with Crippen molar-refractivity contribution >= 4 is 17.5 Å². The highest BCUT2D eigenvalue weighted by atomic mass is 35.5. The molecule has 0 bridgehead atoms. The molecule has 1 aliphatic heterocycles. The lowest BCUT2D eigenvalue weighted by atomic mass is 10.0. The number of nitrogens with one attached hydrogen (secondary N) is 1. The summed E-state index contributed by atoms with van der Waals surface area (Å²) in [6.45, 7) is 6.90. The molecule has 5 nitrogen and oxygen atoms in total. The van der Waals surface area contributed by atoms with E-state index in [2.05, 4.69) is 43.4 Å². The smallest absolute Gasteiger partial charge is 0.258 e. The summed E-state index contributed by atoms with van der Waals surface area (Å²) >= 11 is 5.94. The van der Waals surface area contributed by atoms with Gasteiger partial charge >= 0.3 is 0 Å². The molecular formula is C23H29ClN2O3. The molecule has 3 N–H and O–H groups in total. The molecule has 0 radical (unpaired) electrons. The van der Waals surface area contributed by atoms with E-state index < -0.39 is 0 Å². The van der Waals surface area contributed by atoms with Crippen LogP contribution in [0.1, 0.15) is 60.6 Å². The normalized spacial score (nSPS) is 16.6. The van der Waals surface area contributed by atoms with Gasteiger partial charge in [0.05, 0.1) is 16.6 Å². The van der Waals surface area contributed by atoms with Gasteiger partial charge in [-0.25, -0.2) is 0 Å². The Morgan fingerprint density at radius 1 is 1.21 bits per heavy atom. The van der Waals surface area contributed by atoms with Gasteiger partial charge in [-0.2, -0.15) is 0 Å². The highest BCUT2D eigenvalue weighted by molar-refractivity contribution is 6.32. The molecule has 0 aromatic heterocycles. The summed E-state index contributed by atoms with van der Waals surface area (Å²) in [5.74, 6) is -0.0772. The number of aromatic hydroxyl groups is 2. The summed E-state index contributed by atoms with van der Waals surface area (Å²) in [5, 5.41) is 23.2. The summed E-state index contributed by atoms with van der Waals surface area (Å²) in [6.07, 6.45) is 2.94. The maximum absolute atomic E-state index is 13.0. The van der Waals surface area contributed by atoms with Gasteiger partial charge in [-0.15, -0.1) is 0 Å². The van der Waals surface area contributed by atoms with Crippen LogP contribution in [0.5, 0.6) is 11.5 Å². The summed E-state index contributed by atoms with van der Waals surface area (Å²) in [4.78, 5) is 14.8. The summed E-state index contributed by atoms with van der Waals surface area (Å²) < 4.78 is 0. The van der Waals surface area contributed by atoms with Crippen molar-refractivity contribution in [1.82, 2.24) is 10.2 Å². The average Bonchev–Trinajstić information content (AvgIpc) is 3.18. The lowest BCUT2D eigenvalue weighted by molar-refractivity contribution is 0.0732. The lowest BCUT2D eigenvalue weighted by Crippen LogP contribution is -2.30. The molecule has 6 heteroatoms. The first kappa shape index (κ1) is 21.5. The maximum Gasteiger partial charge on any atom is 0.258 e. The molecular weight excluding hydrogens is 388 g/mol. The fourth-order valence-electron chi connectivity index (χ4n) is 3.71. The Labute approximate surface area is 177 Å². The highest BCUT2D eigenvalue weighted by Gasteiger charge is 2.32. The Hall–Kier alpha value is -2.24. The van der Waals surface area contributed by atoms with Crippen molar-refractivity contribution in [2.75, 3.05) is 13.1 Å². The van der Waals surface area contributed by atoms with Crippen molar-refractivity contribution in [2.45, 2.75) is 45.7 Å². The predicted molar refractivity (Wildman–Crippen MR) is 115 cm³/mol. The first-order valence-electron chi connectivity index (χ1n) is 10.2. The zero-order chi connectivity index (χ0) is 21.0. The number of hydrogen-bond donors (Lipinski definition) is 3. The molecule has 2 aromatic carbocycles. The number of benzene rings is 2. The summed E-state index contributed by atoms with van der Waals surface area (Å²) in [6, 6.07) is 10.8. The zero-order valence-electron chi connectivity index (χ0n) is 17.0. The number of carbonyl (C=O) groups is 1. The number of phenolic OH excluding ortho intramolecular Hbond substituents is 2. The monoisotopic (exact) mass is 416 g/mol. The Kier molecular flexibility index (Phi) is 7.04. The summed E-state index contributed by atoms with van der Waals surface area (Å²) in [7, 11) is 0. The van der Waals surface area contributed by atoms with Crippen LogP contribution in [-0.2, 0) is 6.54 Å². The van der Waals surface area contributed by atoms with Crippen LogP contribution in [0.15, 0.2) is 36.4 Å². The van der Waals surface area contributed by atoms with Crippen LogP contribution in [0.2, 0.25) is 5.02 Å². The van der Waals surface area contributed by atoms with Crippen molar-refractivity contribution in [1.29, 1.82) is 0 Å². The number of amides is 1. The van der Waals surface area contributed by atoms with Crippen LogP contribution < -0.4 is 5.32 Å². The number of carbonyl (C=O) groups excluding carboxylic acids is 1. The van der Waals surface area contributed by atoms with E-state index in [-0.39, 0.29) is 34.0 Å². The molecule has 0 spiro atoms. The molecule has 0 saturated carbocycles. The Morgan fingerprint density at radius 2 is 1.93 bits per heavy atom. The van der Waals surface area contributed by atoms with Gasteiger partial charge in [0.15, 0.2) is 0 Å². The molecule has 3 rings (SSSR count). The molecule has 0 aliphatic carbocycles. The first-order valence-corrected chi connectivity index (χ1v) is 10.6. The Morgan fingerprint density at radius 3 is 2.62 bits per heavy atom. The number of halogens is 1. The van der Waals surface area contributed by atoms with Crippen LogP contribution in [0, 0.1) is 5.92 Å². The van der Waals surface area contributed by atoms with Gasteiger partial charge in [0.25, 0.3) is 5.91 Å². The van der Waals surface area contributed by atoms with Crippen LogP contribution in [0.4, 0.5) is 0 Å². The average molecular weight is 417 g/mol. The van der Waals surface area contributed by atoms with E-state index in [0.29, 0.717) is 12.5 Å². The van der Waals surface area contributed by atoms with E-state index in [1.54, 1.807) is 4.90 Å². The third-order valence-corrected chi connectivity index (χ3v) is 5.70. The quantitative estimate of drug-likeness (QED) is 0.563. The molecule has 1 unspecified atom stereocenters. The van der Waals surface area contributed by atoms with E-state index in [1.807, 2.05) is 0 Å². The van der Waals surface area contributed by atoms with Crippen LogP contribution in [-0.4, -0.2) is 34.1 Å². The van der Waals surface area contributed by atoms with E-state index in [1.165, 1.54) is 11.6 Å². The van der Waals surface area contributed by atoms with Crippen LogP contribution in [0.3, 0.4) is 0 Å². The minimum atomic E-state index is -0.272. The number of phenols is 2. The largest absolute Gasteiger partial charge is 0.507 e. The Balaban J connectivity index is 1.69. The van der Waals surface area contributed by atoms with E-state index in [4.69, 9.17) is 11.6 Å². The van der Waals surface area contributed by atoms with Gasteiger partial charge in [0.1, 0.15) is 11.5 Å². The van der Waals surface area contributed by atoms with Gasteiger partial charge in [-0.3, -0.25) is 4.79 Å². The number of rotatable bonds is 7. The van der Waals surface area contributed by atoms with Crippen LogP contribution >= 0.6 is 11.6 Å². The minimum Gasteiger partial charge on any atom is -0.507 e. The Bertz CT molecular complexity index is 852. The van der Waals surface area contributed by atoms with Gasteiger partial charge < -0.3 is 20.4 Å². The minimum absolute atomic E-state index is 0.0302. The fraction of sp³-hybridized carbons (Fsp3) is 0.435. The second-order valence-corrected chi connectivity index (χ2v) is 8.49. The van der Waals surface area contributed by atoms with Gasteiger partial charge in [0.2, 0.25) is 0 Å². The molecule has 1 atom stereocenters. The van der Waals surface area contributed by atoms with E-state index in [0.717, 1.165) is 44.0 Å². The second kappa shape index (κ2) is 9.51. The molecule has 1 heterocycles. The number of likely N-dealkylation sites (tertiary alicyclic amines) is 1. The molecule has 156 valence electrons. The second-order valence-electron chi connectivity index (χ2n) is 8.08. The number of hydrogen-bond acceptors (Lipinski definition) is 4. The first-order chi connectivity index (χ1) is 13.9. The van der Waals surface area contributed by atoms with Crippen molar-refractivity contribution in [3.63, 3.8) is 0 Å². The van der Waals surface area contributed by atoms with E-state index >= 15 is 0 Å². The van der Waals surface area contributed by atoms with Crippen molar-refractivity contribution in [3.8, 4) is 11.5 Å². The zero-order valence-corrected chi connectivity index (χ0v) is 17.7.